The molecule has 15 heavy (non-hydrogen) atoms. The normalized spacial score (nSPS) is 19.5. The van der Waals surface area contributed by atoms with E-state index in [2.05, 4.69) is 9.47 Å². The van der Waals surface area contributed by atoms with Crippen molar-refractivity contribution in [3.63, 3.8) is 0 Å². The molecule has 86 valence electrons. The van der Waals surface area contributed by atoms with Gasteiger partial charge in [0, 0.05) is 0 Å². The van der Waals surface area contributed by atoms with Gasteiger partial charge in [0.25, 0.3) is 0 Å². The van der Waals surface area contributed by atoms with Crippen molar-refractivity contribution >= 4 is 11.9 Å². The quantitative estimate of drug-likeness (QED) is 0.381. The van der Waals surface area contributed by atoms with E-state index in [1.54, 1.807) is 0 Å². The molecule has 1 saturated heterocycles. The minimum Gasteiger partial charge on any atom is -0.468 e. The van der Waals surface area contributed by atoms with E-state index < -0.39 is 17.4 Å². The molecule has 0 bridgehead atoms. The molecule has 0 aromatic rings. The standard InChI is InChI=1S/C10H16O5/c1-10(8(11)13-2,9(12)14-3)5-4-7-6-15-7/h7H,4-6H2,1-3H3. The summed E-state index contributed by atoms with van der Waals surface area (Å²) in [5.41, 5.74) is -1.21. The van der Waals surface area contributed by atoms with Crippen LogP contribution in [0.5, 0.6) is 0 Å². The van der Waals surface area contributed by atoms with Crippen molar-refractivity contribution in [2.75, 3.05) is 20.8 Å². The molecule has 1 aliphatic rings. The highest BCUT2D eigenvalue weighted by atomic mass is 16.6. The minimum atomic E-state index is -1.21. The number of hydrogen-bond acceptors (Lipinski definition) is 5. The van der Waals surface area contributed by atoms with Gasteiger partial charge in [-0.05, 0) is 19.8 Å². The number of ether oxygens (including phenoxy) is 3. The van der Waals surface area contributed by atoms with Gasteiger partial charge in [-0.15, -0.1) is 0 Å². The average Bonchev–Trinajstić information content (AvgIpc) is 3.07. The van der Waals surface area contributed by atoms with Crippen LogP contribution in [0.25, 0.3) is 0 Å². The number of esters is 2. The van der Waals surface area contributed by atoms with Gasteiger partial charge in [0.2, 0.25) is 0 Å². The highest BCUT2D eigenvalue weighted by Gasteiger charge is 2.44. The molecule has 0 radical (unpaired) electrons. The van der Waals surface area contributed by atoms with Crippen LogP contribution in [0.2, 0.25) is 0 Å². The van der Waals surface area contributed by atoms with Crippen LogP contribution in [0, 0.1) is 5.41 Å². The first-order valence-electron chi connectivity index (χ1n) is 4.83. The van der Waals surface area contributed by atoms with Crippen molar-refractivity contribution in [3.05, 3.63) is 0 Å². The van der Waals surface area contributed by atoms with Gasteiger partial charge in [-0.2, -0.15) is 0 Å². The van der Waals surface area contributed by atoms with Gasteiger partial charge in [0.05, 0.1) is 26.9 Å². The monoisotopic (exact) mass is 216 g/mol. The number of carbonyl (C=O) groups excluding carboxylic acids is 2. The third kappa shape index (κ3) is 2.68. The molecule has 5 heteroatoms. The van der Waals surface area contributed by atoms with E-state index in [1.165, 1.54) is 21.1 Å². The molecule has 1 heterocycles. The topological polar surface area (TPSA) is 65.1 Å². The number of rotatable bonds is 5. The number of methoxy groups -OCH3 is 2. The van der Waals surface area contributed by atoms with Crippen molar-refractivity contribution in [1.82, 2.24) is 0 Å². The molecule has 0 N–H and O–H groups in total. The van der Waals surface area contributed by atoms with Crippen LogP contribution in [-0.4, -0.2) is 38.9 Å². The van der Waals surface area contributed by atoms with Gasteiger partial charge in [0.1, 0.15) is 0 Å². The summed E-state index contributed by atoms with van der Waals surface area (Å²) in [4.78, 5) is 23.0. The second-order valence-corrected chi connectivity index (χ2v) is 3.81. The summed E-state index contributed by atoms with van der Waals surface area (Å²) in [6, 6.07) is 0. The molecule has 1 fully saturated rings. The summed E-state index contributed by atoms with van der Waals surface area (Å²) in [6.07, 6.45) is 1.23. The zero-order chi connectivity index (χ0) is 11.5. The second kappa shape index (κ2) is 4.61. The maximum absolute atomic E-state index is 11.5. The SMILES string of the molecule is COC(=O)C(C)(CCC1CO1)C(=O)OC. The van der Waals surface area contributed by atoms with Crippen LogP contribution in [0.15, 0.2) is 0 Å². The molecule has 0 aromatic carbocycles. The van der Waals surface area contributed by atoms with Crippen LogP contribution in [0.1, 0.15) is 19.8 Å². The van der Waals surface area contributed by atoms with Crippen molar-refractivity contribution in [1.29, 1.82) is 0 Å². The highest BCUT2D eigenvalue weighted by Crippen LogP contribution is 2.30. The van der Waals surface area contributed by atoms with Gasteiger partial charge >= 0.3 is 11.9 Å². The van der Waals surface area contributed by atoms with Crippen LogP contribution in [0.4, 0.5) is 0 Å². The maximum Gasteiger partial charge on any atom is 0.322 e. The second-order valence-electron chi connectivity index (χ2n) is 3.81. The Labute approximate surface area is 88.7 Å². The predicted molar refractivity (Wildman–Crippen MR) is 51.1 cm³/mol. The van der Waals surface area contributed by atoms with Crippen molar-refractivity contribution in [3.8, 4) is 0 Å². The molecule has 0 aliphatic carbocycles. The van der Waals surface area contributed by atoms with Gasteiger partial charge in [-0.1, -0.05) is 0 Å². The van der Waals surface area contributed by atoms with Crippen LogP contribution >= 0.6 is 0 Å². The third-order valence-electron chi connectivity index (χ3n) is 2.64. The van der Waals surface area contributed by atoms with E-state index in [1.807, 2.05) is 0 Å². The lowest BCUT2D eigenvalue weighted by Crippen LogP contribution is -2.38. The fourth-order valence-electron chi connectivity index (χ4n) is 1.42. The number of hydrogen-bond donors (Lipinski definition) is 0. The minimum absolute atomic E-state index is 0.179. The fraction of sp³-hybridized carbons (Fsp3) is 0.800. The smallest absolute Gasteiger partial charge is 0.322 e. The summed E-state index contributed by atoms with van der Waals surface area (Å²) < 4.78 is 14.2. The zero-order valence-electron chi connectivity index (χ0n) is 9.24. The summed E-state index contributed by atoms with van der Waals surface area (Å²) >= 11 is 0. The lowest BCUT2D eigenvalue weighted by Gasteiger charge is -2.23. The molecule has 0 amide bonds. The lowest BCUT2D eigenvalue weighted by molar-refractivity contribution is -0.168. The van der Waals surface area contributed by atoms with Crippen LogP contribution < -0.4 is 0 Å². The molecule has 0 spiro atoms. The Balaban J connectivity index is 2.64. The zero-order valence-corrected chi connectivity index (χ0v) is 9.24. The Morgan fingerprint density at radius 2 is 1.80 bits per heavy atom. The Morgan fingerprint density at radius 1 is 1.33 bits per heavy atom. The molecular weight excluding hydrogens is 200 g/mol. The molecule has 1 unspecified atom stereocenters. The van der Waals surface area contributed by atoms with Crippen LogP contribution in [-0.2, 0) is 23.8 Å². The molecule has 0 aromatic heterocycles. The van der Waals surface area contributed by atoms with Crippen LogP contribution in [0.3, 0.4) is 0 Å². The summed E-state index contributed by atoms with van der Waals surface area (Å²) in [7, 11) is 2.52. The predicted octanol–water partition coefficient (Wildman–Crippen LogP) is 0.518. The first-order valence-corrected chi connectivity index (χ1v) is 4.83. The summed E-state index contributed by atoms with van der Waals surface area (Å²) in [6.45, 7) is 2.24. The Morgan fingerprint density at radius 3 is 2.13 bits per heavy atom. The molecule has 1 aliphatic heterocycles. The first kappa shape index (κ1) is 12.0. The largest absolute Gasteiger partial charge is 0.468 e. The van der Waals surface area contributed by atoms with E-state index in [0.717, 1.165) is 0 Å². The van der Waals surface area contributed by atoms with E-state index >= 15 is 0 Å². The molecule has 0 saturated carbocycles. The van der Waals surface area contributed by atoms with E-state index in [4.69, 9.17) is 4.74 Å². The Kier molecular flexibility index (Phi) is 3.68. The fourth-order valence-corrected chi connectivity index (χ4v) is 1.42. The van der Waals surface area contributed by atoms with E-state index in [9.17, 15) is 9.59 Å². The summed E-state index contributed by atoms with van der Waals surface area (Å²) in [5.74, 6) is -1.12. The van der Waals surface area contributed by atoms with Gasteiger partial charge in [-0.25, -0.2) is 0 Å². The highest BCUT2D eigenvalue weighted by molar-refractivity contribution is 5.99. The molecule has 5 nitrogen and oxygen atoms in total. The Hall–Kier alpha value is -1.10. The van der Waals surface area contributed by atoms with Crippen molar-refractivity contribution in [2.24, 2.45) is 5.41 Å². The van der Waals surface area contributed by atoms with Gasteiger partial charge in [0.15, 0.2) is 5.41 Å². The summed E-state index contributed by atoms with van der Waals surface area (Å²) in [5, 5.41) is 0. The first-order chi connectivity index (χ1) is 7.04. The molecule has 1 rings (SSSR count). The number of carbonyl (C=O) groups is 2. The van der Waals surface area contributed by atoms with E-state index in [-0.39, 0.29) is 6.10 Å². The molecule has 1 atom stereocenters. The Bertz CT molecular complexity index is 241. The maximum atomic E-state index is 11.5. The van der Waals surface area contributed by atoms with Crippen molar-refractivity contribution < 1.29 is 23.8 Å². The van der Waals surface area contributed by atoms with E-state index in [0.29, 0.717) is 19.4 Å². The van der Waals surface area contributed by atoms with Crippen molar-refractivity contribution in [2.45, 2.75) is 25.9 Å². The van der Waals surface area contributed by atoms with Gasteiger partial charge < -0.3 is 14.2 Å². The van der Waals surface area contributed by atoms with Gasteiger partial charge in [-0.3, -0.25) is 9.59 Å². The lowest BCUT2D eigenvalue weighted by atomic mass is 9.85. The molecular formula is C10H16O5. The number of epoxide rings is 1. The average molecular weight is 216 g/mol. The third-order valence-corrected chi connectivity index (χ3v) is 2.64.